The van der Waals surface area contributed by atoms with E-state index in [2.05, 4.69) is 5.16 Å². The lowest BCUT2D eigenvalue weighted by Gasteiger charge is -2.09. The van der Waals surface area contributed by atoms with Gasteiger partial charge in [0.05, 0.1) is 19.9 Å². The van der Waals surface area contributed by atoms with E-state index in [4.69, 9.17) is 20.0 Å². The smallest absolute Gasteiger partial charge is 0.161 e. The van der Waals surface area contributed by atoms with Gasteiger partial charge in [-0.05, 0) is 18.2 Å². The lowest BCUT2D eigenvalue weighted by Crippen LogP contribution is -2.20. The molecule has 0 fully saturated rings. The number of ether oxygens (including phenoxy) is 2. The summed E-state index contributed by atoms with van der Waals surface area (Å²) < 4.78 is 10.4. The topological polar surface area (TPSA) is 66.1 Å². The number of methoxy groups -OCH3 is 2. The summed E-state index contributed by atoms with van der Waals surface area (Å²) in [7, 11) is 3.22. The zero-order valence-electron chi connectivity index (χ0n) is 9.97. The second kappa shape index (κ2) is 5.05. The second-order valence-electron chi connectivity index (χ2n) is 3.77. The van der Waals surface area contributed by atoms with E-state index in [-0.39, 0.29) is 6.10 Å². The molecule has 1 aromatic rings. The van der Waals surface area contributed by atoms with Crippen molar-refractivity contribution in [1.82, 2.24) is 0 Å². The highest BCUT2D eigenvalue weighted by Crippen LogP contribution is 2.29. The van der Waals surface area contributed by atoms with Crippen LogP contribution in [0.1, 0.15) is 12.0 Å². The first-order chi connectivity index (χ1) is 8.28. The first-order valence-corrected chi connectivity index (χ1v) is 5.43. The molecule has 1 aliphatic rings. The van der Waals surface area contributed by atoms with Gasteiger partial charge in [-0.3, -0.25) is 0 Å². The van der Waals surface area contributed by atoms with Crippen LogP contribution < -0.4 is 15.2 Å². The highest BCUT2D eigenvalue weighted by Gasteiger charge is 2.21. The van der Waals surface area contributed by atoms with Crippen molar-refractivity contribution in [1.29, 1.82) is 0 Å². The average Bonchev–Trinajstić information content (AvgIpc) is 2.86. The van der Waals surface area contributed by atoms with E-state index in [9.17, 15) is 0 Å². The van der Waals surface area contributed by atoms with Crippen molar-refractivity contribution in [3.05, 3.63) is 23.8 Å². The first kappa shape index (κ1) is 11.7. The Morgan fingerprint density at radius 1 is 1.35 bits per heavy atom. The van der Waals surface area contributed by atoms with Gasteiger partial charge in [0.15, 0.2) is 11.5 Å². The van der Waals surface area contributed by atoms with Crippen molar-refractivity contribution in [2.75, 3.05) is 20.8 Å². The minimum absolute atomic E-state index is 0.0157. The Morgan fingerprint density at radius 2 is 2.12 bits per heavy atom. The monoisotopic (exact) mass is 236 g/mol. The Kier molecular flexibility index (Phi) is 3.49. The average molecular weight is 236 g/mol. The molecule has 0 spiro atoms. The maximum absolute atomic E-state index is 5.53. The molecule has 1 aliphatic heterocycles. The predicted octanol–water partition coefficient (Wildman–Crippen LogP) is 1.16. The molecule has 0 saturated carbocycles. The largest absolute Gasteiger partial charge is 0.493 e. The van der Waals surface area contributed by atoms with E-state index >= 15 is 0 Å². The van der Waals surface area contributed by atoms with Gasteiger partial charge in [0.25, 0.3) is 0 Å². The van der Waals surface area contributed by atoms with Crippen LogP contribution in [0, 0.1) is 0 Å². The lowest BCUT2D eigenvalue weighted by atomic mass is 10.0. The number of hydrogen-bond acceptors (Lipinski definition) is 5. The van der Waals surface area contributed by atoms with Crippen molar-refractivity contribution in [3.8, 4) is 11.5 Å². The third-order valence-electron chi connectivity index (χ3n) is 2.71. The zero-order chi connectivity index (χ0) is 12.3. The van der Waals surface area contributed by atoms with Crippen LogP contribution in [0.5, 0.6) is 11.5 Å². The van der Waals surface area contributed by atoms with Crippen LogP contribution in [0.3, 0.4) is 0 Å². The molecule has 0 aromatic heterocycles. The predicted molar refractivity (Wildman–Crippen MR) is 64.6 cm³/mol. The van der Waals surface area contributed by atoms with Gasteiger partial charge in [-0.2, -0.15) is 0 Å². The van der Waals surface area contributed by atoms with Crippen molar-refractivity contribution in [2.45, 2.75) is 12.5 Å². The standard InChI is InChI=1S/C12H16N2O3/c1-15-11-4-3-8(5-12(11)16-2)10-6-9(7-13)17-14-10/h3-5,9H,6-7,13H2,1-2H3/t9-/m1/s1. The van der Waals surface area contributed by atoms with E-state index in [1.54, 1.807) is 14.2 Å². The first-order valence-electron chi connectivity index (χ1n) is 5.43. The summed E-state index contributed by atoms with van der Waals surface area (Å²) in [5, 5.41) is 4.03. The Labute approximate surface area is 100 Å². The van der Waals surface area contributed by atoms with E-state index < -0.39 is 0 Å². The fraction of sp³-hybridized carbons (Fsp3) is 0.417. The molecule has 5 nitrogen and oxygen atoms in total. The highest BCUT2D eigenvalue weighted by molar-refractivity contribution is 6.01. The second-order valence-corrected chi connectivity index (χ2v) is 3.77. The van der Waals surface area contributed by atoms with E-state index in [0.29, 0.717) is 18.0 Å². The molecule has 1 atom stereocenters. The number of hydrogen-bond donors (Lipinski definition) is 1. The molecule has 2 rings (SSSR count). The molecule has 92 valence electrons. The van der Waals surface area contributed by atoms with Crippen molar-refractivity contribution in [3.63, 3.8) is 0 Å². The summed E-state index contributed by atoms with van der Waals surface area (Å²) >= 11 is 0. The highest BCUT2D eigenvalue weighted by atomic mass is 16.6. The molecule has 0 aliphatic carbocycles. The van der Waals surface area contributed by atoms with Crippen molar-refractivity contribution < 1.29 is 14.3 Å². The quantitative estimate of drug-likeness (QED) is 0.851. The molecule has 0 bridgehead atoms. The van der Waals surface area contributed by atoms with Crippen molar-refractivity contribution >= 4 is 5.71 Å². The van der Waals surface area contributed by atoms with Gasteiger partial charge in [0.2, 0.25) is 0 Å². The van der Waals surface area contributed by atoms with E-state index in [1.807, 2.05) is 18.2 Å². The Hall–Kier alpha value is -1.75. The molecule has 1 aromatic carbocycles. The van der Waals surface area contributed by atoms with E-state index in [1.165, 1.54) is 0 Å². The fourth-order valence-corrected chi connectivity index (χ4v) is 1.74. The molecule has 0 radical (unpaired) electrons. The van der Waals surface area contributed by atoms with Crippen LogP contribution in [0.15, 0.2) is 23.4 Å². The molecule has 0 amide bonds. The van der Waals surface area contributed by atoms with Gasteiger partial charge < -0.3 is 20.0 Å². The van der Waals surface area contributed by atoms with Gasteiger partial charge in [-0.1, -0.05) is 5.16 Å². The van der Waals surface area contributed by atoms with Gasteiger partial charge in [-0.25, -0.2) is 0 Å². The SMILES string of the molecule is COc1ccc(C2=NO[C@@H](CN)C2)cc1OC. The maximum Gasteiger partial charge on any atom is 0.161 e. The van der Waals surface area contributed by atoms with Crippen LogP contribution in [-0.2, 0) is 4.84 Å². The Bertz CT molecular complexity index is 432. The molecular weight excluding hydrogens is 220 g/mol. The Morgan fingerprint density at radius 3 is 2.71 bits per heavy atom. The summed E-state index contributed by atoms with van der Waals surface area (Å²) in [6.45, 7) is 0.473. The minimum Gasteiger partial charge on any atom is -0.493 e. The molecule has 17 heavy (non-hydrogen) atoms. The molecule has 0 saturated heterocycles. The number of benzene rings is 1. The van der Waals surface area contributed by atoms with Gasteiger partial charge in [0.1, 0.15) is 6.10 Å². The summed E-state index contributed by atoms with van der Waals surface area (Å²) in [5.74, 6) is 1.38. The summed E-state index contributed by atoms with van der Waals surface area (Å²) in [6.07, 6.45) is 0.713. The van der Waals surface area contributed by atoms with Crippen LogP contribution in [-0.4, -0.2) is 32.6 Å². The third-order valence-corrected chi connectivity index (χ3v) is 2.71. The molecule has 1 heterocycles. The van der Waals surface area contributed by atoms with Crippen molar-refractivity contribution in [2.24, 2.45) is 10.9 Å². The maximum atomic E-state index is 5.53. The molecular formula is C12H16N2O3. The lowest BCUT2D eigenvalue weighted by molar-refractivity contribution is 0.0918. The number of oxime groups is 1. The third kappa shape index (κ3) is 2.34. The zero-order valence-corrected chi connectivity index (χ0v) is 9.97. The van der Waals surface area contributed by atoms with Gasteiger partial charge >= 0.3 is 0 Å². The summed E-state index contributed by atoms with van der Waals surface area (Å²) in [6, 6.07) is 5.68. The van der Waals surface area contributed by atoms with Crippen LogP contribution in [0.4, 0.5) is 0 Å². The number of rotatable bonds is 4. The molecule has 2 N–H and O–H groups in total. The molecule has 0 unspecified atom stereocenters. The van der Waals surface area contributed by atoms with Gasteiger partial charge in [-0.15, -0.1) is 0 Å². The molecule has 5 heteroatoms. The summed E-state index contributed by atoms with van der Waals surface area (Å²) in [4.78, 5) is 5.19. The number of nitrogens with two attached hydrogens (primary N) is 1. The Balaban J connectivity index is 2.23. The van der Waals surface area contributed by atoms with Crippen LogP contribution >= 0.6 is 0 Å². The van der Waals surface area contributed by atoms with Crippen LogP contribution in [0.25, 0.3) is 0 Å². The van der Waals surface area contributed by atoms with Crippen LogP contribution in [0.2, 0.25) is 0 Å². The number of nitrogens with zero attached hydrogens (tertiary/aromatic N) is 1. The summed E-state index contributed by atoms with van der Waals surface area (Å²) in [5.41, 5.74) is 7.39. The normalized spacial score (nSPS) is 18.5. The minimum atomic E-state index is -0.0157. The fourth-order valence-electron chi connectivity index (χ4n) is 1.74. The van der Waals surface area contributed by atoms with Gasteiger partial charge in [0, 0.05) is 18.5 Å². The van der Waals surface area contributed by atoms with E-state index in [0.717, 1.165) is 17.7 Å².